The molecule has 0 fully saturated rings. The standard InChI is InChI=1S/C22H26F3N3O2.CH4/c1-3-15-11-16-7-8-19(30-10-9-18-5-4-6-20(26-2)27-18)12-17(16)13-28(21(15)29)14-22(23,24)25;/h4-8,12,15H,3,9-11,13-14H2,1-2H3,(H,26,27);1H4. The first-order valence-electron chi connectivity index (χ1n) is 10.0. The fourth-order valence-electron chi connectivity index (χ4n) is 3.63. The van der Waals surface area contributed by atoms with Crippen LogP contribution >= 0.6 is 0 Å². The molecule has 31 heavy (non-hydrogen) atoms. The van der Waals surface area contributed by atoms with Gasteiger partial charge in [0.05, 0.1) is 6.61 Å². The molecule has 2 aromatic rings. The largest absolute Gasteiger partial charge is 0.493 e. The molecule has 0 spiro atoms. The van der Waals surface area contributed by atoms with Gasteiger partial charge in [0.15, 0.2) is 0 Å². The molecular weight excluding hydrogens is 407 g/mol. The predicted molar refractivity (Wildman–Crippen MR) is 115 cm³/mol. The summed E-state index contributed by atoms with van der Waals surface area (Å²) in [6, 6.07) is 11.1. The third kappa shape index (κ3) is 6.60. The lowest BCUT2D eigenvalue weighted by molar-refractivity contribution is -0.164. The Hall–Kier alpha value is -2.77. The number of nitrogens with zero attached hydrogens (tertiary/aromatic N) is 2. The number of carbonyl (C=O) groups is 1. The van der Waals surface area contributed by atoms with Crippen molar-refractivity contribution in [2.24, 2.45) is 5.92 Å². The topological polar surface area (TPSA) is 54.5 Å². The summed E-state index contributed by atoms with van der Waals surface area (Å²) in [4.78, 5) is 17.9. The second-order valence-corrected chi connectivity index (χ2v) is 7.41. The number of anilines is 1. The fraction of sp³-hybridized carbons (Fsp3) is 0.478. The highest BCUT2D eigenvalue weighted by Crippen LogP contribution is 2.30. The van der Waals surface area contributed by atoms with E-state index in [1.165, 1.54) is 0 Å². The maximum atomic E-state index is 13.0. The number of hydrogen-bond acceptors (Lipinski definition) is 4. The van der Waals surface area contributed by atoms with Gasteiger partial charge in [-0.15, -0.1) is 0 Å². The summed E-state index contributed by atoms with van der Waals surface area (Å²) >= 11 is 0. The normalized spacial score (nSPS) is 16.2. The maximum absolute atomic E-state index is 13.0. The fourth-order valence-corrected chi connectivity index (χ4v) is 3.63. The third-order valence-corrected chi connectivity index (χ3v) is 5.22. The number of ether oxygens (including phenoxy) is 1. The van der Waals surface area contributed by atoms with Gasteiger partial charge in [0.2, 0.25) is 5.91 Å². The quantitative estimate of drug-likeness (QED) is 0.673. The lowest BCUT2D eigenvalue weighted by Gasteiger charge is -2.25. The number of amides is 1. The summed E-state index contributed by atoms with van der Waals surface area (Å²) in [5.74, 6) is 0.472. The zero-order valence-electron chi connectivity index (χ0n) is 17.1. The number of pyridine rings is 1. The van der Waals surface area contributed by atoms with E-state index >= 15 is 0 Å². The first kappa shape index (κ1) is 24.5. The Bertz CT molecular complexity index is 887. The van der Waals surface area contributed by atoms with Gasteiger partial charge >= 0.3 is 6.18 Å². The molecule has 3 rings (SSSR count). The van der Waals surface area contributed by atoms with E-state index < -0.39 is 24.5 Å². The van der Waals surface area contributed by atoms with E-state index in [1.54, 1.807) is 13.1 Å². The molecule has 1 aliphatic heterocycles. The Morgan fingerprint density at radius 2 is 2.00 bits per heavy atom. The first-order valence-corrected chi connectivity index (χ1v) is 10.0. The van der Waals surface area contributed by atoms with E-state index in [9.17, 15) is 18.0 Å². The van der Waals surface area contributed by atoms with Crippen molar-refractivity contribution in [2.75, 3.05) is 25.5 Å². The van der Waals surface area contributed by atoms with Crippen molar-refractivity contribution in [1.82, 2.24) is 9.88 Å². The van der Waals surface area contributed by atoms with Crippen LogP contribution in [-0.4, -0.2) is 42.2 Å². The molecule has 1 aliphatic rings. The van der Waals surface area contributed by atoms with Crippen molar-refractivity contribution in [3.63, 3.8) is 0 Å². The number of fused-ring (bicyclic) bond motifs is 1. The van der Waals surface area contributed by atoms with E-state index in [1.807, 2.05) is 37.3 Å². The van der Waals surface area contributed by atoms with Crippen LogP contribution in [0.2, 0.25) is 0 Å². The van der Waals surface area contributed by atoms with Gasteiger partial charge < -0.3 is 15.0 Å². The minimum atomic E-state index is -4.43. The van der Waals surface area contributed by atoms with Gasteiger partial charge in [0, 0.05) is 31.6 Å². The van der Waals surface area contributed by atoms with Crippen LogP contribution in [0.4, 0.5) is 19.0 Å². The number of benzene rings is 1. The number of nitrogens with one attached hydrogen (secondary N) is 1. The Kier molecular flexibility index (Phi) is 8.30. The number of aromatic nitrogens is 1. The SMILES string of the molecule is C.CCC1Cc2ccc(OCCc3cccc(NC)n3)cc2CN(CC(F)(F)F)C1=O. The van der Waals surface area contributed by atoms with E-state index in [2.05, 4.69) is 10.3 Å². The molecule has 8 heteroatoms. The van der Waals surface area contributed by atoms with Crippen molar-refractivity contribution in [2.45, 2.75) is 46.3 Å². The Labute approximate surface area is 181 Å². The molecule has 1 aromatic heterocycles. The van der Waals surface area contributed by atoms with Crippen LogP contribution in [0.25, 0.3) is 0 Å². The van der Waals surface area contributed by atoms with E-state index in [0.29, 0.717) is 37.2 Å². The summed E-state index contributed by atoms with van der Waals surface area (Å²) in [5.41, 5.74) is 2.48. The highest BCUT2D eigenvalue weighted by atomic mass is 19.4. The van der Waals surface area contributed by atoms with Crippen LogP contribution in [0.1, 0.15) is 37.6 Å². The molecule has 0 saturated heterocycles. The van der Waals surface area contributed by atoms with Crippen LogP contribution in [-0.2, 0) is 24.2 Å². The molecule has 1 aromatic carbocycles. The zero-order chi connectivity index (χ0) is 21.7. The van der Waals surface area contributed by atoms with Gasteiger partial charge in [0.25, 0.3) is 0 Å². The van der Waals surface area contributed by atoms with Crippen LogP contribution in [0.5, 0.6) is 5.75 Å². The summed E-state index contributed by atoms with van der Waals surface area (Å²) in [6.07, 6.45) is -2.88. The van der Waals surface area contributed by atoms with Gasteiger partial charge in [0.1, 0.15) is 18.1 Å². The molecule has 1 amide bonds. The van der Waals surface area contributed by atoms with Gasteiger partial charge in [-0.25, -0.2) is 4.98 Å². The monoisotopic (exact) mass is 437 g/mol. The van der Waals surface area contributed by atoms with Crippen molar-refractivity contribution in [3.05, 3.63) is 53.2 Å². The minimum absolute atomic E-state index is 0. The first-order chi connectivity index (χ1) is 14.3. The lowest BCUT2D eigenvalue weighted by atomic mass is 9.95. The predicted octanol–water partition coefficient (Wildman–Crippen LogP) is 4.85. The molecule has 1 atom stereocenters. The molecule has 0 aliphatic carbocycles. The van der Waals surface area contributed by atoms with Gasteiger partial charge in [-0.1, -0.05) is 26.5 Å². The lowest BCUT2D eigenvalue weighted by Crippen LogP contribution is -2.40. The molecular formula is C23H30F3N3O2. The van der Waals surface area contributed by atoms with Gasteiger partial charge in [-0.2, -0.15) is 13.2 Å². The van der Waals surface area contributed by atoms with Crippen molar-refractivity contribution >= 4 is 11.7 Å². The van der Waals surface area contributed by atoms with Crippen molar-refractivity contribution < 1.29 is 22.7 Å². The molecule has 170 valence electrons. The molecule has 5 nitrogen and oxygen atoms in total. The van der Waals surface area contributed by atoms with E-state index in [0.717, 1.165) is 22.0 Å². The van der Waals surface area contributed by atoms with Crippen LogP contribution in [0.15, 0.2) is 36.4 Å². The number of hydrogen-bond donors (Lipinski definition) is 1. The Morgan fingerprint density at radius 1 is 1.23 bits per heavy atom. The number of rotatable bonds is 7. The molecule has 0 saturated carbocycles. The van der Waals surface area contributed by atoms with Crippen molar-refractivity contribution in [3.8, 4) is 5.75 Å². The van der Waals surface area contributed by atoms with Gasteiger partial charge in [-0.3, -0.25) is 4.79 Å². The summed E-state index contributed by atoms with van der Waals surface area (Å²) in [5, 5.41) is 2.98. The Balaban J connectivity index is 0.00000341. The zero-order valence-corrected chi connectivity index (χ0v) is 17.1. The molecule has 1 unspecified atom stereocenters. The summed E-state index contributed by atoms with van der Waals surface area (Å²) in [6.45, 7) is 0.920. The summed E-state index contributed by atoms with van der Waals surface area (Å²) < 4.78 is 44.8. The second kappa shape index (κ2) is 10.5. The van der Waals surface area contributed by atoms with E-state index in [-0.39, 0.29) is 14.0 Å². The van der Waals surface area contributed by atoms with E-state index in [4.69, 9.17) is 4.74 Å². The van der Waals surface area contributed by atoms with Gasteiger partial charge in [-0.05, 0) is 48.2 Å². The molecule has 2 heterocycles. The molecule has 0 radical (unpaired) electrons. The minimum Gasteiger partial charge on any atom is -0.493 e. The average Bonchev–Trinajstić information content (AvgIpc) is 2.83. The molecule has 0 bridgehead atoms. The smallest absolute Gasteiger partial charge is 0.406 e. The summed E-state index contributed by atoms with van der Waals surface area (Å²) in [7, 11) is 1.80. The highest BCUT2D eigenvalue weighted by molar-refractivity contribution is 5.80. The number of alkyl halides is 3. The molecule has 1 N–H and O–H groups in total. The second-order valence-electron chi connectivity index (χ2n) is 7.41. The number of halogens is 3. The highest BCUT2D eigenvalue weighted by Gasteiger charge is 2.37. The maximum Gasteiger partial charge on any atom is 0.406 e. The Morgan fingerprint density at radius 3 is 2.68 bits per heavy atom. The van der Waals surface area contributed by atoms with Crippen LogP contribution < -0.4 is 10.1 Å². The average molecular weight is 438 g/mol. The van der Waals surface area contributed by atoms with Crippen LogP contribution in [0, 0.1) is 5.92 Å². The van der Waals surface area contributed by atoms with Crippen LogP contribution in [0.3, 0.4) is 0 Å². The number of carbonyl (C=O) groups excluding carboxylic acids is 1. The third-order valence-electron chi connectivity index (χ3n) is 5.22. The van der Waals surface area contributed by atoms with Crippen molar-refractivity contribution in [1.29, 1.82) is 0 Å².